The van der Waals surface area contributed by atoms with Crippen molar-refractivity contribution in [3.05, 3.63) is 0 Å². The van der Waals surface area contributed by atoms with Crippen molar-refractivity contribution in [3.8, 4) is 0 Å². The average molecular weight is 297 g/mol. The maximum atomic E-state index is 12.7. The molecule has 1 aliphatic rings. The molecule has 1 saturated carbocycles. The molecule has 1 atom stereocenters. The summed E-state index contributed by atoms with van der Waals surface area (Å²) in [7, 11) is 1.41. The van der Waals surface area contributed by atoms with Crippen LogP contribution in [0.5, 0.6) is 0 Å². The highest BCUT2D eigenvalue weighted by molar-refractivity contribution is 5.80. The van der Waals surface area contributed by atoms with Crippen LogP contribution in [0.4, 0.5) is 0 Å². The highest BCUT2D eigenvalue weighted by atomic mass is 16.5. The monoisotopic (exact) mass is 297 g/mol. The maximum absolute atomic E-state index is 12.7. The fourth-order valence-corrected chi connectivity index (χ4v) is 3.06. The van der Waals surface area contributed by atoms with E-state index in [1.807, 2.05) is 11.8 Å². The van der Waals surface area contributed by atoms with Gasteiger partial charge in [0, 0.05) is 19.0 Å². The molecule has 122 valence electrons. The van der Waals surface area contributed by atoms with Gasteiger partial charge in [-0.15, -0.1) is 0 Å². The fraction of sp³-hybridized carbons (Fsp3) is 0.882. The Morgan fingerprint density at radius 3 is 2.43 bits per heavy atom. The van der Waals surface area contributed by atoms with Crippen molar-refractivity contribution >= 4 is 11.9 Å². The number of rotatable bonds is 8. The zero-order valence-corrected chi connectivity index (χ0v) is 13.9. The first-order valence-corrected chi connectivity index (χ1v) is 8.46. The van der Waals surface area contributed by atoms with Gasteiger partial charge in [-0.2, -0.15) is 0 Å². The normalized spacial score (nSPS) is 17.3. The molecule has 0 radical (unpaired) electrons. The number of carbonyl (C=O) groups is 2. The molecule has 0 aliphatic heterocycles. The summed E-state index contributed by atoms with van der Waals surface area (Å²) in [6, 6.07) is 0. The zero-order valence-electron chi connectivity index (χ0n) is 13.9. The predicted molar refractivity (Wildman–Crippen MR) is 83.9 cm³/mol. The summed E-state index contributed by atoms with van der Waals surface area (Å²) in [4.78, 5) is 26.2. The average Bonchev–Trinajstić information content (AvgIpc) is 2.53. The van der Waals surface area contributed by atoms with E-state index in [0.29, 0.717) is 6.54 Å². The SMILES string of the molecule is CCCCCN(CC(C)C(=O)OC)C(=O)C1CCCCC1. The van der Waals surface area contributed by atoms with Gasteiger partial charge in [0.2, 0.25) is 5.91 Å². The van der Waals surface area contributed by atoms with Crippen LogP contribution in [-0.2, 0) is 14.3 Å². The van der Waals surface area contributed by atoms with Crippen LogP contribution in [0.1, 0.15) is 65.2 Å². The van der Waals surface area contributed by atoms with E-state index in [0.717, 1.165) is 51.5 Å². The molecule has 21 heavy (non-hydrogen) atoms. The number of hydrogen-bond donors (Lipinski definition) is 0. The van der Waals surface area contributed by atoms with Gasteiger partial charge in [-0.1, -0.05) is 46.0 Å². The van der Waals surface area contributed by atoms with E-state index in [4.69, 9.17) is 4.74 Å². The van der Waals surface area contributed by atoms with Crippen LogP contribution in [0.25, 0.3) is 0 Å². The lowest BCUT2D eigenvalue weighted by atomic mass is 9.88. The lowest BCUT2D eigenvalue weighted by molar-refractivity contribution is -0.147. The number of methoxy groups -OCH3 is 1. The van der Waals surface area contributed by atoms with Gasteiger partial charge in [0.25, 0.3) is 0 Å². The molecule has 0 N–H and O–H groups in total. The van der Waals surface area contributed by atoms with Crippen LogP contribution in [0, 0.1) is 11.8 Å². The standard InChI is InChI=1S/C17H31NO3/c1-4-5-9-12-18(13-14(2)17(20)21-3)16(19)15-10-7-6-8-11-15/h14-15H,4-13H2,1-3H3. The second kappa shape index (κ2) is 9.80. The lowest BCUT2D eigenvalue weighted by Gasteiger charge is -2.30. The molecule has 0 spiro atoms. The molecule has 1 rings (SSSR count). The fourth-order valence-electron chi connectivity index (χ4n) is 3.06. The molecule has 0 heterocycles. The Balaban J connectivity index is 2.61. The van der Waals surface area contributed by atoms with Crippen LogP contribution < -0.4 is 0 Å². The second-order valence-corrected chi connectivity index (χ2v) is 6.25. The summed E-state index contributed by atoms with van der Waals surface area (Å²) in [5, 5.41) is 0. The minimum atomic E-state index is -0.246. The molecular weight excluding hydrogens is 266 g/mol. The summed E-state index contributed by atoms with van der Waals surface area (Å²) >= 11 is 0. The Morgan fingerprint density at radius 2 is 1.86 bits per heavy atom. The molecule has 1 amide bonds. The number of ether oxygens (including phenoxy) is 1. The number of unbranched alkanes of at least 4 members (excludes halogenated alkanes) is 2. The highest BCUT2D eigenvalue weighted by Crippen LogP contribution is 2.26. The topological polar surface area (TPSA) is 46.6 Å². The maximum Gasteiger partial charge on any atom is 0.310 e. The van der Waals surface area contributed by atoms with E-state index in [9.17, 15) is 9.59 Å². The third-order valence-electron chi connectivity index (χ3n) is 4.40. The molecule has 4 heteroatoms. The van der Waals surface area contributed by atoms with Gasteiger partial charge in [0.15, 0.2) is 0 Å². The van der Waals surface area contributed by atoms with Gasteiger partial charge in [0.1, 0.15) is 0 Å². The van der Waals surface area contributed by atoms with Gasteiger partial charge in [-0.25, -0.2) is 0 Å². The molecule has 0 aromatic rings. The molecule has 1 aliphatic carbocycles. The number of hydrogen-bond acceptors (Lipinski definition) is 3. The third-order valence-corrected chi connectivity index (χ3v) is 4.40. The van der Waals surface area contributed by atoms with Gasteiger partial charge < -0.3 is 9.64 Å². The Morgan fingerprint density at radius 1 is 1.19 bits per heavy atom. The van der Waals surface area contributed by atoms with Crippen LogP contribution in [0.15, 0.2) is 0 Å². The highest BCUT2D eigenvalue weighted by Gasteiger charge is 2.28. The Bertz CT molecular complexity index is 324. The van der Waals surface area contributed by atoms with E-state index in [-0.39, 0.29) is 23.7 Å². The first-order chi connectivity index (χ1) is 10.1. The van der Waals surface area contributed by atoms with E-state index < -0.39 is 0 Å². The second-order valence-electron chi connectivity index (χ2n) is 6.25. The van der Waals surface area contributed by atoms with E-state index >= 15 is 0 Å². The quantitative estimate of drug-likeness (QED) is 0.509. The van der Waals surface area contributed by atoms with E-state index in [2.05, 4.69) is 6.92 Å². The first-order valence-electron chi connectivity index (χ1n) is 8.46. The summed E-state index contributed by atoms with van der Waals surface area (Å²) < 4.78 is 4.79. The van der Waals surface area contributed by atoms with Crippen molar-refractivity contribution in [1.82, 2.24) is 4.90 Å². The first kappa shape index (κ1) is 18.0. The molecule has 0 aromatic carbocycles. The third kappa shape index (κ3) is 6.06. The van der Waals surface area contributed by atoms with E-state index in [1.54, 1.807) is 0 Å². The van der Waals surface area contributed by atoms with Crippen molar-refractivity contribution < 1.29 is 14.3 Å². The number of amides is 1. The van der Waals surface area contributed by atoms with Crippen LogP contribution >= 0.6 is 0 Å². The largest absolute Gasteiger partial charge is 0.469 e. The van der Waals surface area contributed by atoms with Crippen LogP contribution in [0.2, 0.25) is 0 Å². The van der Waals surface area contributed by atoms with Crippen molar-refractivity contribution in [2.24, 2.45) is 11.8 Å². The summed E-state index contributed by atoms with van der Waals surface area (Å²) in [5.41, 5.74) is 0. The van der Waals surface area contributed by atoms with E-state index in [1.165, 1.54) is 13.5 Å². The van der Waals surface area contributed by atoms with Crippen molar-refractivity contribution in [2.45, 2.75) is 65.2 Å². The predicted octanol–water partition coefficient (Wildman–Crippen LogP) is 3.39. The molecule has 1 unspecified atom stereocenters. The molecule has 0 bridgehead atoms. The lowest BCUT2D eigenvalue weighted by Crippen LogP contribution is -2.41. The van der Waals surface area contributed by atoms with Crippen molar-refractivity contribution in [3.63, 3.8) is 0 Å². The van der Waals surface area contributed by atoms with Crippen molar-refractivity contribution in [2.75, 3.05) is 20.2 Å². The minimum absolute atomic E-state index is 0.172. The summed E-state index contributed by atoms with van der Waals surface area (Å²) in [5.74, 6) is -0.0529. The van der Waals surface area contributed by atoms with Gasteiger partial charge in [-0.05, 0) is 19.3 Å². The van der Waals surface area contributed by atoms with Crippen molar-refractivity contribution in [1.29, 1.82) is 0 Å². The molecular formula is C17H31NO3. The Labute approximate surface area is 129 Å². The van der Waals surface area contributed by atoms with Crippen LogP contribution in [-0.4, -0.2) is 37.0 Å². The summed E-state index contributed by atoms with van der Waals surface area (Å²) in [6.07, 6.45) is 8.86. The Kier molecular flexibility index (Phi) is 8.40. The molecule has 0 saturated heterocycles. The Hall–Kier alpha value is -1.06. The van der Waals surface area contributed by atoms with Gasteiger partial charge in [-0.3, -0.25) is 9.59 Å². The smallest absolute Gasteiger partial charge is 0.310 e. The number of carbonyl (C=O) groups excluding carboxylic acids is 2. The molecule has 0 aromatic heterocycles. The zero-order chi connectivity index (χ0) is 15.7. The van der Waals surface area contributed by atoms with Gasteiger partial charge in [0.05, 0.1) is 13.0 Å². The van der Waals surface area contributed by atoms with Gasteiger partial charge >= 0.3 is 5.97 Å². The number of nitrogens with zero attached hydrogens (tertiary/aromatic N) is 1. The van der Waals surface area contributed by atoms with Crippen LogP contribution in [0.3, 0.4) is 0 Å². The molecule has 4 nitrogen and oxygen atoms in total. The molecule has 1 fully saturated rings. The minimum Gasteiger partial charge on any atom is -0.469 e. The summed E-state index contributed by atoms with van der Waals surface area (Å²) in [6.45, 7) is 5.26. The number of esters is 1.